The molecular formula is C10H10BrN5O2. The molecule has 0 spiro atoms. The van der Waals surface area contributed by atoms with E-state index in [9.17, 15) is 4.79 Å². The van der Waals surface area contributed by atoms with Gasteiger partial charge in [0.1, 0.15) is 5.76 Å². The van der Waals surface area contributed by atoms with Crippen LogP contribution in [0.25, 0.3) is 6.08 Å². The molecule has 18 heavy (non-hydrogen) atoms. The Balaban J connectivity index is 1.91. The van der Waals surface area contributed by atoms with Crippen molar-refractivity contribution in [2.75, 3.05) is 0 Å². The van der Waals surface area contributed by atoms with Crippen LogP contribution in [0.4, 0.5) is 0 Å². The van der Waals surface area contributed by atoms with E-state index >= 15 is 0 Å². The van der Waals surface area contributed by atoms with E-state index < -0.39 is 0 Å². The number of aromatic amines is 1. The molecule has 2 rings (SSSR count). The predicted molar refractivity (Wildman–Crippen MR) is 66.2 cm³/mol. The maximum absolute atomic E-state index is 11.6. The van der Waals surface area contributed by atoms with E-state index in [1.54, 1.807) is 25.1 Å². The van der Waals surface area contributed by atoms with Crippen molar-refractivity contribution in [2.45, 2.75) is 13.0 Å². The zero-order valence-electron chi connectivity index (χ0n) is 9.42. The molecular weight excluding hydrogens is 302 g/mol. The summed E-state index contributed by atoms with van der Waals surface area (Å²) in [4.78, 5) is 11.6. The molecule has 1 atom stereocenters. The van der Waals surface area contributed by atoms with Crippen LogP contribution in [0, 0.1) is 0 Å². The first-order valence-electron chi connectivity index (χ1n) is 5.12. The molecule has 2 heterocycles. The predicted octanol–water partition coefficient (Wildman–Crippen LogP) is 1.45. The summed E-state index contributed by atoms with van der Waals surface area (Å²) in [6.07, 6.45) is 2.95. The van der Waals surface area contributed by atoms with Gasteiger partial charge in [0, 0.05) is 6.08 Å². The number of halogens is 1. The number of furan rings is 1. The number of hydrogen-bond acceptors (Lipinski definition) is 5. The molecule has 2 aromatic heterocycles. The summed E-state index contributed by atoms with van der Waals surface area (Å²) < 4.78 is 5.83. The summed E-state index contributed by atoms with van der Waals surface area (Å²) in [6.45, 7) is 1.76. The molecule has 0 aliphatic heterocycles. The zero-order chi connectivity index (χ0) is 13.0. The third kappa shape index (κ3) is 3.27. The molecule has 2 N–H and O–H groups in total. The van der Waals surface area contributed by atoms with E-state index in [4.69, 9.17) is 4.42 Å². The Morgan fingerprint density at radius 1 is 1.61 bits per heavy atom. The van der Waals surface area contributed by atoms with Crippen LogP contribution in [0.2, 0.25) is 0 Å². The van der Waals surface area contributed by atoms with Crippen LogP contribution in [0.3, 0.4) is 0 Å². The summed E-state index contributed by atoms with van der Waals surface area (Å²) in [7, 11) is 0. The van der Waals surface area contributed by atoms with Crippen LogP contribution in [0.15, 0.2) is 27.3 Å². The van der Waals surface area contributed by atoms with Crippen molar-refractivity contribution >= 4 is 27.9 Å². The zero-order valence-corrected chi connectivity index (χ0v) is 11.0. The highest BCUT2D eigenvalue weighted by atomic mass is 79.9. The Bertz CT molecular complexity index is 548. The van der Waals surface area contributed by atoms with Crippen LogP contribution in [0.1, 0.15) is 24.6 Å². The standard InChI is InChI=1S/C10H10BrN5O2/c1-6(10-13-15-16-14-10)12-9(17)5-3-7-2-4-8(11)18-7/h2-6H,1H3,(H,12,17)(H,13,14,15,16). The first kappa shape index (κ1) is 12.5. The minimum Gasteiger partial charge on any atom is -0.450 e. The fraction of sp³-hybridized carbons (Fsp3) is 0.200. The normalized spacial score (nSPS) is 12.8. The van der Waals surface area contributed by atoms with E-state index in [0.717, 1.165) is 0 Å². The molecule has 2 aromatic rings. The number of carbonyl (C=O) groups is 1. The van der Waals surface area contributed by atoms with Gasteiger partial charge in [-0.2, -0.15) is 5.21 Å². The van der Waals surface area contributed by atoms with E-state index in [2.05, 4.69) is 41.9 Å². The maximum atomic E-state index is 11.6. The number of carbonyl (C=O) groups excluding carboxylic acids is 1. The molecule has 0 saturated carbocycles. The molecule has 0 bridgehead atoms. The van der Waals surface area contributed by atoms with Gasteiger partial charge < -0.3 is 9.73 Å². The summed E-state index contributed by atoms with van der Waals surface area (Å²) in [5, 5.41) is 16.0. The second-order valence-electron chi connectivity index (χ2n) is 3.48. The van der Waals surface area contributed by atoms with E-state index in [1.807, 2.05) is 0 Å². The van der Waals surface area contributed by atoms with Crippen molar-refractivity contribution in [1.29, 1.82) is 0 Å². The summed E-state index contributed by atoms with van der Waals surface area (Å²) >= 11 is 3.18. The van der Waals surface area contributed by atoms with E-state index in [0.29, 0.717) is 16.3 Å². The lowest BCUT2D eigenvalue weighted by Gasteiger charge is -2.06. The van der Waals surface area contributed by atoms with Gasteiger partial charge in [-0.3, -0.25) is 4.79 Å². The fourth-order valence-electron chi connectivity index (χ4n) is 1.25. The molecule has 1 unspecified atom stereocenters. The highest BCUT2D eigenvalue weighted by Gasteiger charge is 2.11. The minimum atomic E-state index is -0.316. The number of H-pyrrole nitrogens is 1. The molecule has 0 saturated heterocycles. The SMILES string of the molecule is CC(NC(=O)C=Cc1ccc(Br)o1)c1nn[nH]n1. The van der Waals surface area contributed by atoms with Gasteiger partial charge in [-0.05, 0) is 41.1 Å². The first-order chi connectivity index (χ1) is 8.65. The maximum Gasteiger partial charge on any atom is 0.244 e. The smallest absolute Gasteiger partial charge is 0.244 e. The summed E-state index contributed by atoms with van der Waals surface area (Å²) in [5.74, 6) is 0.751. The quantitative estimate of drug-likeness (QED) is 0.833. The van der Waals surface area contributed by atoms with Crippen molar-refractivity contribution in [3.8, 4) is 0 Å². The van der Waals surface area contributed by atoms with Crippen molar-refractivity contribution in [3.05, 3.63) is 34.5 Å². The van der Waals surface area contributed by atoms with Crippen molar-refractivity contribution in [3.63, 3.8) is 0 Å². The Kier molecular flexibility index (Phi) is 3.88. The monoisotopic (exact) mass is 311 g/mol. The lowest BCUT2D eigenvalue weighted by Crippen LogP contribution is -2.25. The topological polar surface area (TPSA) is 96.7 Å². The van der Waals surface area contributed by atoms with Crippen LogP contribution in [-0.2, 0) is 4.79 Å². The number of rotatable bonds is 4. The minimum absolute atomic E-state index is 0.264. The number of amides is 1. The fourth-order valence-corrected chi connectivity index (χ4v) is 1.57. The van der Waals surface area contributed by atoms with Crippen molar-refractivity contribution < 1.29 is 9.21 Å². The molecule has 7 nitrogen and oxygen atoms in total. The molecule has 0 aliphatic carbocycles. The van der Waals surface area contributed by atoms with Gasteiger partial charge in [-0.25, -0.2) is 0 Å². The molecule has 1 amide bonds. The number of aromatic nitrogens is 4. The van der Waals surface area contributed by atoms with Crippen molar-refractivity contribution in [2.24, 2.45) is 0 Å². The summed E-state index contributed by atoms with van der Waals surface area (Å²) in [6, 6.07) is 3.18. The molecule has 8 heteroatoms. The van der Waals surface area contributed by atoms with Crippen LogP contribution < -0.4 is 5.32 Å². The Hall–Kier alpha value is -1.96. The number of nitrogens with one attached hydrogen (secondary N) is 2. The molecule has 0 radical (unpaired) electrons. The second-order valence-corrected chi connectivity index (χ2v) is 4.26. The van der Waals surface area contributed by atoms with Gasteiger partial charge in [-0.1, -0.05) is 5.21 Å². The lowest BCUT2D eigenvalue weighted by molar-refractivity contribution is -0.117. The van der Waals surface area contributed by atoms with Crippen molar-refractivity contribution in [1.82, 2.24) is 25.9 Å². The average Bonchev–Trinajstić information content (AvgIpc) is 2.97. The lowest BCUT2D eigenvalue weighted by atomic mass is 10.3. The Morgan fingerprint density at radius 3 is 3.06 bits per heavy atom. The molecule has 0 fully saturated rings. The van der Waals surface area contributed by atoms with E-state index in [-0.39, 0.29) is 11.9 Å². The van der Waals surface area contributed by atoms with Crippen LogP contribution >= 0.6 is 15.9 Å². The van der Waals surface area contributed by atoms with Gasteiger partial charge in [0.15, 0.2) is 10.5 Å². The summed E-state index contributed by atoms with van der Waals surface area (Å²) in [5.41, 5.74) is 0. The molecule has 0 aromatic carbocycles. The van der Waals surface area contributed by atoms with Gasteiger partial charge >= 0.3 is 0 Å². The molecule has 0 aliphatic rings. The third-order valence-corrected chi connectivity index (χ3v) is 2.53. The van der Waals surface area contributed by atoms with Crippen LogP contribution in [-0.4, -0.2) is 26.5 Å². The largest absolute Gasteiger partial charge is 0.450 e. The number of hydrogen-bond donors (Lipinski definition) is 2. The number of nitrogens with zero attached hydrogens (tertiary/aromatic N) is 3. The van der Waals surface area contributed by atoms with Crippen LogP contribution in [0.5, 0.6) is 0 Å². The van der Waals surface area contributed by atoms with Gasteiger partial charge in [0.25, 0.3) is 0 Å². The highest BCUT2D eigenvalue weighted by molar-refractivity contribution is 9.10. The Morgan fingerprint density at radius 2 is 2.44 bits per heavy atom. The highest BCUT2D eigenvalue weighted by Crippen LogP contribution is 2.15. The third-order valence-electron chi connectivity index (χ3n) is 2.10. The van der Waals surface area contributed by atoms with E-state index in [1.165, 1.54) is 6.08 Å². The number of tetrazole rings is 1. The van der Waals surface area contributed by atoms with Gasteiger partial charge in [-0.15, -0.1) is 10.2 Å². The Labute approximate surface area is 111 Å². The molecule has 94 valence electrons. The first-order valence-corrected chi connectivity index (χ1v) is 5.91. The average molecular weight is 312 g/mol. The van der Waals surface area contributed by atoms with Gasteiger partial charge in [0.05, 0.1) is 6.04 Å². The second kappa shape index (κ2) is 5.58. The van der Waals surface area contributed by atoms with Gasteiger partial charge in [0.2, 0.25) is 5.91 Å².